The summed E-state index contributed by atoms with van der Waals surface area (Å²) in [7, 11) is -1.44. The third-order valence-electron chi connectivity index (χ3n) is 3.63. The van der Waals surface area contributed by atoms with E-state index in [0.29, 0.717) is 18.0 Å². The molecular weight excluding hydrogens is 292 g/mol. The van der Waals surface area contributed by atoms with E-state index in [2.05, 4.69) is 12.2 Å². The summed E-state index contributed by atoms with van der Waals surface area (Å²) in [6, 6.07) is 7.44. The van der Waals surface area contributed by atoms with Crippen molar-refractivity contribution in [1.82, 2.24) is 9.62 Å². The lowest BCUT2D eigenvalue weighted by atomic mass is 10.1. The maximum atomic E-state index is 12.6. The van der Waals surface area contributed by atoms with Crippen LogP contribution < -0.4 is 5.32 Å². The molecular formula is C14H22N2O2S2. The molecule has 20 heavy (non-hydrogen) atoms. The van der Waals surface area contributed by atoms with Crippen molar-refractivity contribution in [3.05, 3.63) is 29.8 Å². The summed E-state index contributed by atoms with van der Waals surface area (Å²) in [5, 5.41) is 3.15. The molecule has 1 saturated heterocycles. The monoisotopic (exact) mass is 314 g/mol. The molecule has 1 aromatic rings. The Kier molecular flexibility index (Phi) is 5.49. The number of sulfonamides is 1. The summed E-state index contributed by atoms with van der Waals surface area (Å²) in [4.78, 5) is 0.399. The summed E-state index contributed by atoms with van der Waals surface area (Å²) in [6.45, 7) is 3.29. The van der Waals surface area contributed by atoms with Gasteiger partial charge in [-0.2, -0.15) is 16.1 Å². The van der Waals surface area contributed by atoms with Crippen molar-refractivity contribution in [1.29, 1.82) is 0 Å². The predicted molar refractivity (Wildman–Crippen MR) is 84.6 cm³/mol. The highest BCUT2D eigenvalue weighted by Gasteiger charge is 2.25. The first-order valence-electron chi connectivity index (χ1n) is 6.91. The minimum atomic E-state index is -3.33. The number of thioether (sulfide) groups is 1. The number of benzene rings is 1. The molecule has 1 fully saturated rings. The van der Waals surface area contributed by atoms with Crippen LogP contribution >= 0.6 is 11.8 Å². The first-order valence-corrected chi connectivity index (χ1v) is 9.50. The van der Waals surface area contributed by atoms with Gasteiger partial charge in [-0.1, -0.05) is 12.1 Å². The van der Waals surface area contributed by atoms with Gasteiger partial charge in [0, 0.05) is 24.9 Å². The Balaban J connectivity index is 2.20. The van der Waals surface area contributed by atoms with Crippen molar-refractivity contribution in [2.45, 2.75) is 24.3 Å². The van der Waals surface area contributed by atoms with Crippen molar-refractivity contribution >= 4 is 21.8 Å². The largest absolute Gasteiger partial charge is 0.313 e. The molecule has 1 unspecified atom stereocenters. The standard InChI is InChI=1S/C14H22N2O2S2/c1-12(15-2)13-4-6-14(7-5-13)20(17,18)16-8-3-10-19-11-9-16/h4-7,12,15H,3,8-11H2,1-2H3. The summed E-state index contributed by atoms with van der Waals surface area (Å²) in [5.41, 5.74) is 1.10. The number of hydrogen-bond donors (Lipinski definition) is 1. The van der Waals surface area contributed by atoms with Gasteiger partial charge in [0.2, 0.25) is 10.0 Å². The summed E-state index contributed by atoms with van der Waals surface area (Å²) in [5.74, 6) is 1.93. The Hall–Kier alpha value is -0.560. The maximum Gasteiger partial charge on any atom is 0.243 e. The van der Waals surface area contributed by atoms with Gasteiger partial charge in [0.05, 0.1) is 4.90 Å². The van der Waals surface area contributed by atoms with Crippen LogP contribution in [0.4, 0.5) is 0 Å². The molecule has 1 atom stereocenters. The first kappa shape index (κ1) is 15.8. The molecule has 0 aromatic heterocycles. The van der Waals surface area contributed by atoms with E-state index in [1.807, 2.05) is 30.9 Å². The smallest absolute Gasteiger partial charge is 0.243 e. The number of nitrogens with one attached hydrogen (secondary N) is 1. The lowest BCUT2D eigenvalue weighted by Crippen LogP contribution is -2.33. The van der Waals surface area contributed by atoms with Crippen LogP contribution in [-0.4, -0.2) is 44.4 Å². The Morgan fingerprint density at radius 2 is 1.90 bits per heavy atom. The fourth-order valence-electron chi connectivity index (χ4n) is 2.21. The summed E-state index contributed by atoms with van der Waals surface area (Å²) >= 11 is 1.83. The highest BCUT2D eigenvalue weighted by molar-refractivity contribution is 7.99. The van der Waals surface area contributed by atoms with Crippen LogP contribution in [0, 0.1) is 0 Å². The molecule has 1 aliphatic heterocycles. The molecule has 1 aliphatic rings. The van der Waals surface area contributed by atoms with Crippen molar-refractivity contribution in [3.63, 3.8) is 0 Å². The number of nitrogens with zero attached hydrogens (tertiary/aromatic N) is 1. The van der Waals surface area contributed by atoms with E-state index >= 15 is 0 Å². The Morgan fingerprint density at radius 3 is 2.55 bits per heavy atom. The maximum absolute atomic E-state index is 12.6. The topological polar surface area (TPSA) is 49.4 Å². The summed E-state index contributed by atoms with van der Waals surface area (Å²) in [6.07, 6.45) is 0.929. The molecule has 4 nitrogen and oxygen atoms in total. The average Bonchev–Trinajstić information content (AvgIpc) is 2.76. The highest BCUT2D eigenvalue weighted by Crippen LogP contribution is 2.21. The van der Waals surface area contributed by atoms with Crippen molar-refractivity contribution in [2.24, 2.45) is 0 Å². The van der Waals surface area contributed by atoms with Crippen molar-refractivity contribution < 1.29 is 8.42 Å². The van der Waals surface area contributed by atoms with Crippen molar-refractivity contribution in [3.8, 4) is 0 Å². The number of hydrogen-bond acceptors (Lipinski definition) is 4. The molecule has 0 radical (unpaired) electrons. The zero-order valence-corrected chi connectivity index (χ0v) is 13.6. The second-order valence-corrected chi connectivity index (χ2v) is 8.11. The molecule has 112 valence electrons. The van der Waals surface area contributed by atoms with Crippen LogP contribution in [-0.2, 0) is 10.0 Å². The van der Waals surface area contributed by atoms with Gasteiger partial charge >= 0.3 is 0 Å². The van der Waals surface area contributed by atoms with Gasteiger partial charge in [0.15, 0.2) is 0 Å². The molecule has 2 rings (SSSR count). The first-order chi connectivity index (χ1) is 9.55. The molecule has 1 aromatic carbocycles. The lowest BCUT2D eigenvalue weighted by Gasteiger charge is -2.20. The van der Waals surface area contributed by atoms with Crippen LogP contribution in [0.2, 0.25) is 0 Å². The quantitative estimate of drug-likeness (QED) is 0.924. The second kappa shape index (κ2) is 6.93. The van der Waals surface area contributed by atoms with E-state index in [9.17, 15) is 8.42 Å². The van der Waals surface area contributed by atoms with Crippen molar-refractivity contribution in [2.75, 3.05) is 31.6 Å². The fraction of sp³-hybridized carbons (Fsp3) is 0.571. The summed E-state index contributed by atoms with van der Waals surface area (Å²) < 4.78 is 26.8. The molecule has 0 spiro atoms. The molecule has 1 N–H and O–H groups in total. The minimum Gasteiger partial charge on any atom is -0.313 e. The highest BCUT2D eigenvalue weighted by atomic mass is 32.2. The van der Waals surface area contributed by atoms with E-state index in [-0.39, 0.29) is 6.04 Å². The normalized spacial score (nSPS) is 19.5. The van der Waals surface area contributed by atoms with Crippen LogP contribution in [0.1, 0.15) is 24.9 Å². The van der Waals surface area contributed by atoms with Gasteiger partial charge in [-0.3, -0.25) is 0 Å². The second-order valence-electron chi connectivity index (χ2n) is 4.95. The average molecular weight is 314 g/mol. The molecule has 0 aliphatic carbocycles. The SMILES string of the molecule is CNC(C)c1ccc(S(=O)(=O)N2CCCSCC2)cc1. The van der Waals surface area contributed by atoms with Gasteiger partial charge < -0.3 is 5.32 Å². The fourth-order valence-corrected chi connectivity index (χ4v) is 4.69. The third kappa shape index (κ3) is 3.55. The molecule has 6 heteroatoms. The van der Waals surface area contributed by atoms with E-state index in [0.717, 1.165) is 23.5 Å². The van der Waals surface area contributed by atoms with E-state index < -0.39 is 10.0 Å². The van der Waals surface area contributed by atoms with Crippen LogP contribution in [0.25, 0.3) is 0 Å². The zero-order chi connectivity index (χ0) is 14.6. The number of rotatable bonds is 4. The molecule has 0 amide bonds. The van der Waals surface area contributed by atoms with Gasteiger partial charge in [-0.15, -0.1) is 0 Å². The Morgan fingerprint density at radius 1 is 1.20 bits per heavy atom. The van der Waals surface area contributed by atoms with E-state index in [1.54, 1.807) is 16.4 Å². The van der Waals surface area contributed by atoms with Crippen LogP contribution in [0.3, 0.4) is 0 Å². The van der Waals surface area contributed by atoms with Gasteiger partial charge in [-0.25, -0.2) is 8.42 Å². The Bertz CT molecular complexity index is 521. The predicted octanol–water partition coefficient (Wildman–Crippen LogP) is 2.09. The van der Waals surface area contributed by atoms with E-state index in [1.165, 1.54) is 0 Å². The van der Waals surface area contributed by atoms with Gasteiger partial charge in [0.1, 0.15) is 0 Å². The molecule has 0 saturated carbocycles. The van der Waals surface area contributed by atoms with Gasteiger partial charge in [-0.05, 0) is 43.8 Å². The zero-order valence-electron chi connectivity index (χ0n) is 12.0. The van der Waals surface area contributed by atoms with Gasteiger partial charge in [0.25, 0.3) is 0 Å². The lowest BCUT2D eigenvalue weighted by molar-refractivity contribution is 0.435. The minimum absolute atomic E-state index is 0.223. The van der Waals surface area contributed by atoms with E-state index in [4.69, 9.17) is 0 Å². The van der Waals surface area contributed by atoms with Crippen LogP contribution in [0.15, 0.2) is 29.2 Å². The van der Waals surface area contributed by atoms with Crippen LogP contribution in [0.5, 0.6) is 0 Å². The Labute approximate surface area is 126 Å². The molecule has 1 heterocycles. The molecule has 0 bridgehead atoms. The third-order valence-corrected chi connectivity index (χ3v) is 6.59.